The Morgan fingerprint density at radius 1 is 0.632 bits per heavy atom. The minimum absolute atomic E-state index is 0.163. The van der Waals surface area contributed by atoms with E-state index in [9.17, 15) is 19.8 Å². The lowest BCUT2D eigenvalue weighted by Crippen LogP contribution is -2.12. The number of phenolic OH excluding ortho intramolecular Hbond substituents is 2. The van der Waals surface area contributed by atoms with E-state index in [0.717, 1.165) is 47.9 Å². The number of carbonyl (C=O) groups excluding carboxylic acids is 2. The number of aromatic hydroxyl groups is 2. The largest absolute Gasteiger partial charge is 0.508 e. The first-order chi connectivity index (χ1) is 17.8. The topological polar surface area (TPSA) is 93.1 Å². The van der Waals surface area contributed by atoms with E-state index in [0.29, 0.717) is 38.9 Å². The normalized spacial score (nSPS) is 11.8. The van der Waals surface area contributed by atoms with Crippen molar-refractivity contribution in [3.63, 3.8) is 0 Å². The van der Waals surface area contributed by atoms with Crippen LogP contribution in [0.3, 0.4) is 0 Å². The van der Waals surface area contributed by atoms with Gasteiger partial charge in [-0.3, -0.25) is 9.59 Å². The summed E-state index contributed by atoms with van der Waals surface area (Å²) >= 11 is 0. The molecule has 0 amide bonds. The molecule has 0 atom stereocenters. The van der Waals surface area contributed by atoms with Gasteiger partial charge in [0.2, 0.25) is 0 Å². The van der Waals surface area contributed by atoms with Crippen molar-refractivity contribution in [3.8, 4) is 11.5 Å². The Hall–Kier alpha value is -3.02. The number of rotatable bonds is 13. The molecule has 0 aliphatic carbocycles. The summed E-state index contributed by atoms with van der Waals surface area (Å²) in [7, 11) is 0. The van der Waals surface area contributed by atoms with Gasteiger partial charge >= 0.3 is 11.9 Å². The lowest BCUT2D eigenvalue weighted by atomic mass is 9.85. The van der Waals surface area contributed by atoms with Crippen LogP contribution in [0.2, 0.25) is 0 Å². The standard InChI is InChI=1S/C32H46O6/c1-31(2,3)25-21-23(11-15-27(25)33)13-17-29(35)37-19-9-7-8-10-20-38-30(36)18-14-24-12-16-28(34)26(22-24)32(4,5)6/h11-12,15-16,21-22,33-34H,7-10,13-14,17-20H2,1-6H3. The molecule has 0 saturated carbocycles. The van der Waals surface area contributed by atoms with Crippen molar-refractivity contribution in [1.29, 1.82) is 0 Å². The molecule has 0 unspecified atom stereocenters. The highest BCUT2D eigenvalue weighted by Crippen LogP contribution is 2.32. The van der Waals surface area contributed by atoms with Crippen molar-refractivity contribution in [3.05, 3.63) is 58.7 Å². The molecule has 0 spiro atoms. The van der Waals surface area contributed by atoms with Crippen LogP contribution in [-0.4, -0.2) is 35.4 Å². The molecule has 0 fully saturated rings. The predicted octanol–water partition coefficient (Wildman–Crippen LogP) is 6.91. The second-order valence-electron chi connectivity index (χ2n) is 12.1. The third kappa shape index (κ3) is 10.8. The van der Waals surface area contributed by atoms with Crippen LogP contribution in [0.4, 0.5) is 0 Å². The summed E-state index contributed by atoms with van der Waals surface area (Å²) in [6.45, 7) is 13.1. The third-order valence-electron chi connectivity index (χ3n) is 6.54. The summed E-state index contributed by atoms with van der Waals surface area (Å²) < 4.78 is 10.7. The first-order valence-corrected chi connectivity index (χ1v) is 13.7. The van der Waals surface area contributed by atoms with E-state index in [-0.39, 0.29) is 34.3 Å². The molecular formula is C32H46O6. The zero-order valence-corrected chi connectivity index (χ0v) is 24.1. The molecule has 0 heterocycles. The van der Waals surface area contributed by atoms with Crippen LogP contribution in [0.5, 0.6) is 11.5 Å². The van der Waals surface area contributed by atoms with E-state index in [1.165, 1.54) is 0 Å². The number of aryl methyl sites for hydroxylation is 2. The van der Waals surface area contributed by atoms with Crippen molar-refractivity contribution < 1.29 is 29.3 Å². The van der Waals surface area contributed by atoms with Crippen molar-refractivity contribution in [2.45, 2.75) is 104 Å². The number of phenols is 2. The van der Waals surface area contributed by atoms with Crippen molar-refractivity contribution >= 4 is 11.9 Å². The molecule has 2 aromatic rings. The quantitative estimate of drug-likeness (QED) is 0.218. The Bertz CT molecular complexity index is 973. The molecule has 38 heavy (non-hydrogen) atoms. The first kappa shape index (κ1) is 31.2. The molecule has 0 bridgehead atoms. The average Bonchev–Trinajstić information content (AvgIpc) is 2.83. The molecule has 0 aliphatic rings. The number of esters is 2. The second kappa shape index (κ2) is 14.2. The lowest BCUT2D eigenvalue weighted by molar-refractivity contribution is -0.145. The molecular weight excluding hydrogens is 480 g/mol. The Labute approximate surface area is 228 Å². The summed E-state index contributed by atoms with van der Waals surface area (Å²) in [5.41, 5.74) is 3.45. The van der Waals surface area contributed by atoms with Gasteiger partial charge in [-0.25, -0.2) is 0 Å². The maximum atomic E-state index is 12.1. The van der Waals surface area contributed by atoms with E-state index in [2.05, 4.69) is 0 Å². The van der Waals surface area contributed by atoms with E-state index in [1.54, 1.807) is 12.1 Å². The second-order valence-corrected chi connectivity index (χ2v) is 12.1. The summed E-state index contributed by atoms with van der Waals surface area (Å²) in [5.74, 6) is 0.130. The predicted molar refractivity (Wildman–Crippen MR) is 151 cm³/mol. The highest BCUT2D eigenvalue weighted by atomic mass is 16.5. The van der Waals surface area contributed by atoms with Gasteiger partial charge in [0.05, 0.1) is 13.2 Å². The van der Waals surface area contributed by atoms with E-state index >= 15 is 0 Å². The molecule has 2 rings (SSSR count). The molecule has 6 heteroatoms. The Morgan fingerprint density at radius 2 is 1.00 bits per heavy atom. The maximum absolute atomic E-state index is 12.1. The average molecular weight is 527 g/mol. The lowest BCUT2D eigenvalue weighted by Gasteiger charge is -2.21. The number of hydrogen-bond donors (Lipinski definition) is 2. The molecule has 0 saturated heterocycles. The van der Waals surface area contributed by atoms with E-state index in [1.807, 2.05) is 65.8 Å². The fraction of sp³-hybridized carbons (Fsp3) is 0.562. The third-order valence-corrected chi connectivity index (χ3v) is 6.54. The molecule has 2 N–H and O–H groups in total. The van der Waals surface area contributed by atoms with Crippen LogP contribution in [0.1, 0.15) is 102 Å². The summed E-state index contributed by atoms with van der Waals surface area (Å²) in [4.78, 5) is 24.2. The van der Waals surface area contributed by atoms with Gasteiger partial charge in [0.25, 0.3) is 0 Å². The molecule has 0 radical (unpaired) electrons. The summed E-state index contributed by atoms with van der Waals surface area (Å²) in [6.07, 6.45) is 5.16. The molecule has 6 nitrogen and oxygen atoms in total. The van der Waals surface area contributed by atoms with Crippen LogP contribution in [0.15, 0.2) is 36.4 Å². The minimum Gasteiger partial charge on any atom is -0.508 e. The number of hydrogen-bond acceptors (Lipinski definition) is 6. The highest BCUT2D eigenvalue weighted by Gasteiger charge is 2.19. The zero-order valence-electron chi connectivity index (χ0n) is 24.1. The fourth-order valence-electron chi connectivity index (χ4n) is 4.25. The zero-order chi connectivity index (χ0) is 28.3. The number of unbranched alkanes of at least 4 members (excludes halogenated alkanes) is 3. The van der Waals surface area contributed by atoms with Gasteiger partial charge in [-0.15, -0.1) is 0 Å². The van der Waals surface area contributed by atoms with Gasteiger partial charge in [-0.2, -0.15) is 0 Å². The molecule has 0 aromatic heterocycles. The van der Waals surface area contributed by atoms with Gasteiger partial charge in [-0.1, -0.05) is 65.8 Å². The van der Waals surface area contributed by atoms with Crippen LogP contribution >= 0.6 is 0 Å². The Morgan fingerprint density at radius 3 is 1.34 bits per heavy atom. The number of carbonyl (C=O) groups is 2. The molecule has 210 valence electrons. The summed E-state index contributed by atoms with van der Waals surface area (Å²) in [6, 6.07) is 11.0. The summed E-state index contributed by atoms with van der Waals surface area (Å²) in [5, 5.41) is 20.2. The van der Waals surface area contributed by atoms with Crippen LogP contribution in [-0.2, 0) is 42.7 Å². The SMILES string of the molecule is CC(C)(C)c1cc(CCC(=O)OCCCCCCOC(=O)CCc2ccc(O)c(C(C)(C)C)c2)ccc1O. The molecule has 0 aliphatic heterocycles. The van der Waals surface area contributed by atoms with E-state index < -0.39 is 0 Å². The van der Waals surface area contributed by atoms with Gasteiger partial charge in [0.15, 0.2) is 0 Å². The fourth-order valence-corrected chi connectivity index (χ4v) is 4.25. The van der Waals surface area contributed by atoms with Crippen LogP contribution in [0.25, 0.3) is 0 Å². The minimum atomic E-state index is -0.215. The van der Waals surface area contributed by atoms with Crippen molar-refractivity contribution in [2.75, 3.05) is 13.2 Å². The number of ether oxygens (including phenoxy) is 2. The molecule has 2 aromatic carbocycles. The smallest absolute Gasteiger partial charge is 0.306 e. The van der Waals surface area contributed by atoms with Crippen molar-refractivity contribution in [2.24, 2.45) is 0 Å². The maximum Gasteiger partial charge on any atom is 0.306 e. The van der Waals surface area contributed by atoms with Gasteiger partial charge in [0, 0.05) is 12.8 Å². The highest BCUT2D eigenvalue weighted by molar-refractivity contribution is 5.70. The van der Waals surface area contributed by atoms with E-state index in [4.69, 9.17) is 9.47 Å². The Balaban J connectivity index is 1.54. The van der Waals surface area contributed by atoms with Crippen LogP contribution in [0, 0.1) is 0 Å². The Kier molecular flexibility index (Phi) is 11.7. The first-order valence-electron chi connectivity index (χ1n) is 13.7. The van der Waals surface area contributed by atoms with Crippen LogP contribution < -0.4 is 0 Å². The van der Waals surface area contributed by atoms with Gasteiger partial charge < -0.3 is 19.7 Å². The number of benzene rings is 2. The monoisotopic (exact) mass is 526 g/mol. The van der Waals surface area contributed by atoms with Crippen molar-refractivity contribution in [1.82, 2.24) is 0 Å². The van der Waals surface area contributed by atoms with Gasteiger partial charge in [0.1, 0.15) is 11.5 Å². The van der Waals surface area contributed by atoms with Gasteiger partial charge in [-0.05, 0) is 83.7 Å².